The lowest BCUT2D eigenvalue weighted by Gasteiger charge is -2.50. The number of nitrogens with one attached hydrogen (secondary N) is 2. The van der Waals surface area contributed by atoms with Crippen LogP contribution < -0.4 is 10.0 Å². The van der Waals surface area contributed by atoms with Gasteiger partial charge in [0.1, 0.15) is 0 Å². The van der Waals surface area contributed by atoms with Crippen LogP contribution in [0.2, 0.25) is 0 Å². The van der Waals surface area contributed by atoms with Gasteiger partial charge in [-0.3, -0.25) is 14.1 Å². The van der Waals surface area contributed by atoms with Crippen LogP contribution in [0.5, 0.6) is 0 Å². The van der Waals surface area contributed by atoms with E-state index in [1.807, 2.05) is 12.1 Å². The molecule has 3 aliphatic carbocycles. The normalized spacial score (nSPS) is 33.2. The maximum Gasteiger partial charge on any atom is 0.357 e. The molecule has 2 saturated carbocycles. The number of hydrogen-bond donors (Lipinski definition) is 3. The van der Waals surface area contributed by atoms with Crippen molar-refractivity contribution in [2.75, 3.05) is 11.3 Å². The first-order chi connectivity index (χ1) is 13.7. The van der Waals surface area contributed by atoms with Crippen LogP contribution in [0.4, 0.5) is 5.69 Å². The van der Waals surface area contributed by atoms with Gasteiger partial charge in [0.25, 0.3) is 0 Å². The van der Waals surface area contributed by atoms with Crippen LogP contribution in [-0.4, -0.2) is 25.4 Å². The maximum absolute atomic E-state index is 12.7. The zero-order chi connectivity index (χ0) is 20.8. The van der Waals surface area contributed by atoms with Gasteiger partial charge in [-0.25, -0.2) is 0 Å². The highest BCUT2D eigenvalue weighted by atomic mass is 32.2. The van der Waals surface area contributed by atoms with Crippen LogP contribution in [-0.2, 0) is 21.5 Å². The predicted molar refractivity (Wildman–Crippen MR) is 113 cm³/mol. The van der Waals surface area contributed by atoms with Gasteiger partial charge in [-0.15, -0.1) is 6.58 Å². The van der Waals surface area contributed by atoms with Crippen molar-refractivity contribution in [3.8, 4) is 0 Å². The van der Waals surface area contributed by atoms with E-state index in [9.17, 15) is 13.2 Å². The number of carbonyl (C=O) groups is 1. The van der Waals surface area contributed by atoms with Crippen molar-refractivity contribution in [1.29, 1.82) is 0 Å². The molecule has 6 nitrogen and oxygen atoms in total. The van der Waals surface area contributed by atoms with Gasteiger partial charge in [-0.1, -0.05) is 19.1 Å². The number of hydrogen-bond acceptors (Lipinski definition) is 3. The number of aryl methyl sites for hydroxylation is 1. The fraction of sp³-hybridized carbons (Fsp3) is 0.591. The van der Waals surface area contributed by atoms with Crippen molar-refractivity contribution in [1.82, 2.24) is 5.32 Å². The summed E-state index contributed by atoms with van der Waals surface area (Å²) in [6, 6.07) is 5.61. The number of anilines is 1. The van der Waals surface area contributed by atoms with Gasteiger partial charge in [-0.2, -0.15) is 8.42 Å². The molecular formula is C22H30N2O4S. The molecule has 3 N–H and O–H groups in total. The molecular weight excluding hydrogens is 388 g/mol. The molecule has 7 heteroatoms. The fourth-order valence-corrected chi connectivity index (χ4v) is 6.95. The van der Waals surface area contributed by atoms with Gasteiger partial charge < -0.3 is 5.32 Å². The molecule has 4 rings (SSSR count). The second kappa shape index (κ2) is 7.43. The van der Waals surface area contributed by atoms with E-state index < -0.39 is 10.3 Å². The zero-order valence-electron chi connectivity index (χ0n) is 16.9. The molecule has 1 amide bonds. The molecule has 1 aromatic carbocycles. The molecule has 5 atom stereocenters. The average molecular weight is 419 g/mol. The van der Waals surface area contributed by atoms with Crippen molar-refractivity contribution in [3.05, 3.63) is 42.0 Å². The summed E-state index contributed by atoms with van der Waals surface area (Å²) in [5.74, 6) is 1.83. The first-order valence-electron chi connectivity index (χ1n) is 10.5. The van der Waals surface area contributed by atoms with Gasteiger partial charge in [0, 0.05) is 12.5 Å². The van der Waals surface area contributed by atoms with E-state index in [-0.39, 0.29) is 17.2 Å². The minimum absolute atomic E-state index is 0.0520. The summed E-state index contributed by atoms with van der Waals surface area (Å²) in [6.45, 7) is 6.53. The van der Waals surface area contributed by atoms with Crippen molar-refractivity contribution >= 4 is 21.9 Å². The Bertz CT molecular complexity index is 929. The molecule has 2 fully saturated rings. The van der Waals surface area contributed by atoms with E-state index in [0.29, 0.717) is 30.0 Å². The smallest absolute Gasteiger partial charge is 0.352 e. The molecule has 3 aliphatic rings. The molecule has 158 valence electrons. The van der Waals surface area contributed by atoms with Crippen molar-refractivity contribution in [3.63, 3.8) is 0 Å². The third kappa shape index (κ3) is 3.70. The Morgan fingerprint density at radius 1 is 1.31 bits per heavy atom. The van der Waals surface area contributed by atoms with E-state index in [0.717, 1.165) is 38.5 Å². The second-order valence-electron chi connectivity index (χ2n) is 9.11. The Kier molecular flexibility index (Phi) is 5.23. The molecule has 0 spiro atoms. The molecule has 29 heavy (non-hydrogen) atoms. The average Bonchev–Trinajstić information content (AvgIpc) is 3.01. The van der Waals surface area contributed by atoms with Crippen LogP contribution in [0, 0.1) is 23.2 Å². The largest absolute Gasteiger partial charge is 0.357 e. The van der Waals surface area contributed by atoms with Gasteiger partial charge >= 0.3 is 10.3 Å². The second-order valence-corrected chi connectivity index (χ2v) is 10.3. The Morgan fingerprint density at radius 2 is 2.10 bits per heavy atom. The molecule has 0 saturated heterocycles. The number of fused-ring (bicyclic) bond motifs is 5. The van der Waals surface area contributed by atoms with Crippen LogP contribution in [0.3, 0.4) is 0 Å². The molecule has 0 unspecified atom stereocenters. The molecule has 0 radical (unpaired) electrons. The Morgan fingerprint density at radius 3 is 2.83 bits per heavy atom. The highest BCUT2D eigenvalue weighted by Gasteiger charge is 2.56. The summed E-state index contributed by atoms with van der Waals surface area (Å²) >= 11 is 0. The number of benzene rings is 1. The maximum atomic E-state index is 12.7. The van der Waals surface area contributed by atoms with Gasteiger partial charge in [0.15, 0.2) is 0 Å². The summed E-state index contributed by atoms with van der Waals surface area (Å²) in [6.07, 6.45) is 7.84. The van der Waals surface area contributed by atoms with E-state index in [1.54, 1.807) is 12.1 Å². The third-order valence-corrected chi connectivity index (χ3v) is 8.20. The Balaban J connectivity index is 1.56. The van der Waals surface area contributed by atoms with Crippen LogP contribution >= 0.6 is 0 Å². The Hall–Kier alpha value is -1.86. The van der Waals surface area contributed by atoms with Gasteiger partial charge in [-0.05, 0) is 85.0 Å². The van der Waals surface area contributed by atoms with Crippen molar-refractivity contribution in [2.45, 2.75) is 51.4 Å². The van der Waals surface area contributed by atoms with Gasteiger partial charge in [0.2, 0.25) is 5.91 Å². The van der Waals surface area contributed by atoms with E-state index in [1.165, 1.54) is 11.1 Å². The lowest BCUT2D eigenvalue weighted by molar-refractivity contribution is -0.130. The zero-order valence-corrected chi connectivity index (χ0v) is 17.7. The van der Waals surface area contributed by atoms with E-state index in [4.69, 9.17) is 4.55 Å². The van der Waals surface area contributed by atoms with E-state index in [2.05, 4.69) is 23.5 Å². The molecule has 0 aromatic heterocycles. The van der Waals surface area contributed by atoms with Crippen molar-refractivity contribution < 1.29 is 17.8 Å². The minimum Gasteiger partial charge on any atom is -0.352 e. The van der Waals surface area contributed by atoms with E-state index >= 15 is 0 Å². The topological polar surface area (TPSA) is 95.5 Å². The van der Waals surface area contributed by atoms with Gasteiger partial charge in [0.05, 0.1) is 5.69 Å². The number of carbonyl (C=O) groups excluding carboxylic acids is 1. The van der Waals surface area contributed by atoms with Crippen LogP contribution in [0.25, 0.3) is 0 Å². The van der Waals surface area contributed by atoms with Crippen LogP contribution in [0.15, 0.2) is 30.9 Å². The predicted octanol–water partition coefficient (Wildman–Crippen LogP) is 3.68. The van der Waals surface area contributed by atoms with Crippen molar-refractivity contribution in [2.24, 2.45) is 23.2 Å². The standard InChI is InChI=1S/C22H30N2O4S/c1-3-12-23-21(25)20-9-8-19-18-6-4-14-13-15(24-29(26,27)28)5-7-16(14)17(18)10-11-22(19,20)2/h3,5,7,13,17-20,24H,1,4,6,8-12H2,2H3,(H,23,25)(H,26,27,28)/t17-,18-,19+,20-,22+/m1/s1. The summed E-state index contributed by atoms with van der Waals surface area (Å²) in [7, 11) is -4.26. The lowest BCUT2D eigenvalue weighted by Crippen LogP contribution is -2.46. The highest BCUT2D eigenvalue weighted by Crippen LogP contribution is 2.63. The van der Waals surface area contributed by atoms with Crippen LogP contribution in [0.1, 0.15) is 56.1 Å². The quantitative estimate of drug-likeness (QED) is 0.502. The SMILES string of the molecule is C=CCNC(=O)[C@H]1CC[C@H]2[C@@H]3CCc4cc(NS(=O)(=O)O)ccc4[C@H]3CC[C@]12C. The molecule has 0 heterocycles. The highest BCUT2D eigenvalue weighted by molar-refractivity contribution is 7.87. The molecule has 0 bridgehead atoms. The summed E-state index contributed by atoms with van der Waals surface area (Å²) in [4.78, 5) is 12.7. The number of amides is 1. The minimum atomic E-state index is -4.26. The first-order valence-corrected chi connectivity index (χ1v) is 11.9. The molecule has 1 aromatic rings. The fourth-order valence-electron chi connectivity index (χ4n) is 6.52. The first kappa shape index (κ1) is 20.4. The summed E-state index contributed by atoms with van der Waals surface area (Å²) in [5, 5.41) is 3.01. The Labute approximate surface area is 173 Å². The summed E-state index contributed by atoms with van der Waals surface area (Å²) < 4.78 is 33.4. The lowest BCUT2D eigenvalue weighted by atomic mass is 9.54. The third-order valence-electron chi connectivity index (χ3n) is 7.71. The molecule has 0 aliphatic heterocycles. The summed E-state index contributed by atoms with van der Waals surface area (Å²) in [5.41, 5.74) is 2.94. The number of rotatable bonds is 5. The monoisotopic (exact) mass is 418 g/mol.